The van der Waals surface area contributed by atoms with Crippen LogP contribution in [0.3, 0.4) is 0 Å². The molecule has 3 rings (SSSR count). The Balaban J connectivity index is 1.90. The van der Waals surface area contributed by atoms with Gasteiger partial charge in [0.2, 0.25) is 0 Å². The maximum absolute atomic E-state index is 12.7. The zero-order valence-electron chi connectivity index (χ0n) is 15.4. The van der Waals surface area contributed by atoms with Gasteiger partial charge in [0.05, 0.1) is 35.1 Å². The Hall–Kier alpha value is -2.85. The van der Waals surface area contributed by atoms with Crippen molar-refractivity contribution >= 4 is 50.6 Å². The van der Waals surface area contributed by atoms with Crippen molar-refractivity contribution in [2.45, 2.75) is 6.54 Å². The Morgan fingerprint density at radius 2 is 1.93 bits per heavy atom. The number of hydrogen-bond acceptors (Lipinski definition) is 7. The molecule has 0 atom stereocenters. The minimum atomic E-state index is -0.536. The molecule has 1 heterocycles. The summed E-state index contributed by atoms with van der Waals surface area (Å²) in [6, 6.07) is 9.43. The van der Waals surface area contributed by atoms with E-state index in [0.29, 0.717) is 21.5 Å². The lowest BCUT2D eigenvalue weighted by Gasteiger charge is -2.12. The Morgan fingerprint density at radius 1 is 1.21 bits per heavy atom. The number of rotatable bonds is 6. The molecular weight excluding hydrogens is 464 g/mol. The van der Waals surface area contributed by atoms with Crippen LogP contribution in [0.2, 0.25) is 0 Å². The summed E-state index contributed by atoms with van der Waals surface area (Å²) in [5, 5.41) is 10.7. The van der Waals surface area contributed by atoms with Crippen molar-refractivity contribution in [2.75, 3.05) is 14.2 Å². The summed E-state index contributed by atoms with van der Waals surface area (Å²) >= 11 is 4.17. The van der Waals surface area contributed by atoms with Gasteiger partial charge in [-0.1, -0.05) is 18.2 Å². The number of thioether (sulfide) groups is 1. The molecule has 0 bridgehead atoms. The summed E-state index contributed by atoms with van der Waals surface area (Å²) in [5.74, 6) is 0.463. The second-order valence-electron chi connectivity index (χ2n) is 5.89. The SMILES string of the molecule is COc1cc(/C=C2/SC(=O)N(Cc3ccccc3[N+](=O)[O-])C2=O)cc(Br)c1OC. The van der Waals surface area contributed by atoms with Crippen molar-refractivity contribution in [1.82, 2.24) is 4.90 Å². The minimum Gasteiger partial charge on any atom is -0.493 e. The van der Waals surface area contributed by atoms with Crippen molar-refractivity contribution in [2.24, 2.45) is 0 Å². The number of methoxy groups -OCH3 is 2. The van der Waals surface area contributed by atoms with Gasteiger partial charge in [0.1, 0.15) is 0 Å². The molecule has 0 aliphatic carbocycles. The highest BCUT2D eigenvalue weighted by atomic mass is 79.9. The van der Waals surface area contributed by atoms with Gasteiger partial charge < -0.3 is 9.47 Å². The van der Waals surface area contributed by atoms with E-state index in [2.05, 4.69) is 15.9 Å². The molecule has 8 nitrogen and oxygen atoms in total. The highest BCUT2D eigenvalue weighted by Crippen LogP contribution is 2.39. The van der Waals surface area contributed by atoms with Crippen molar-refractivity contribution in [3.8, 4) is 11.5 Å². The van der Waals surface area contributed by atoms with Crippen LogP contribution in [0, 0.1) is 10.1 Å². The lowest BCUT2D eigenvalue weighted by molar-refractivity contribution is -0.385. The van der Waals surface area contributed by atoms with Gasteiger partial charge in [0.15, 0.2) is 11.5 Å². The number of hydrogen-bond donors (Lipinski definition) is 0. The van der Waals surface area contributed by atoms with E-state index >= 15 is 0 Å². The first-order valence-corrected chi connectivity index (χ1v) is 9.85. The average Bonchev–Trinajstić information content (AvgIpc) is 2.95. The number of benzene rings is 2. The van der Waals surface area contributed by atoms with Crippen LogP contribution in [0.1, 0.15) is 11.1 Å². The van der Waals surface area contributed by atoms with E-state index in [-0.39, 0.29) is 22.7 Å². The molecule has 0 radical (unpaired) electrons. The van der Waals surface area contributed by atoms with Crippen LogP contribution < -0.4 is 9.47 Å². The maximum atomic E-state index is 12.7. The summed E-state index contributed by atoms with van der Waals surface area (Å²) in [6.07, 6.45) is 1.57. The fourth-order valence-corrected chi connectivity index (χ4v) is 4.26. The number of carbonyl (C=O) groups excluding carboxylic acids is 2. The number of nitro benzene ring substituents is 1. The van der Waals surface area contributed by atoms with Gasteiger partial charge >= 0.3 is 0 Å². The first-order valence-electron chi connectivity index (χ1n) is 8.25. The first kappa shape index (κ1) is 20.9. The Morgan fingerprint density at radius 3 is 2.59 bits per heavy atom. The molecule has 0 spiro atoms. The molecule has 0 unspecified atom stereocenters. The zero-order valence-corrected chi connectivity index (χ0v) is 17.8. The van der Waals surface area contributed by atoms with Crippen molar-refractivity contribution < 1.29 is 24.0 Å². The van der Waals surface area contributed by atoms with Gasteiger partial charge in [-0.3, -0.25) is 24.6 Å². The monoisotopic (exact) mass is 478 g/mol. The predicted molar refractivity (Wildman–Crippen MR) is 112 cm³/mol. The smallest absolute Gasteiger partial charge is 0.293 e. The van der Waals surface area contributed by atoms with Gasteiger partial charge in [-0.2, -0.15) is 0 Å². The third kappa shape index (κ3) is 4.28. The van der Waals surface area contributed by atoms with Crippen LogP contribution in [0.25, 0.3) is 6.08 Å². The molecule has 1 fully saturated rings. The molecule has 2 amide bonds. The second-order valence-corrected chi connectivity index (χ2v) is 7.74. The molecule has 10 heteroatoms. The van der Waals surface area contributed by atoms with E-state index in [1.807, 2.05) is 0 Å². The standard InChI is InChI=1S/C19H15BrN2O6S/c1-27-15-8-11(7-13(20)17(15)28-2)9-16-18(23)21(19(24)29-16)10-12-5-3-4-6-14(12)22(25)26/h3-9H,10H2,1-2H3/b16-9+. The molecule has 0 aromatic heterocycles. The van der Waals surface area contributed by atoms with Crippen molar-refractivity contribution in [3.05, 3.63) is 67.0 Å². The third-order valence-electron chi connectivity index (χ3n) is 4.14. The van der Waals surface area contributed by atoms with Crippen LogP contribution >= 0.6 is 27.7 Å². The molecule has 0 N–H and O–H groups in total. The average molecular weight is 479 g/mol. The van der Waals surface area contributed by atoms with Crippen LogP contribution in [0.5, 0.6) is 11.5 Å². The molecule has 1 aliphatic rings. The minimum absolute atomic E-state index is 0.139. The molecule has 1 saturated heterocycles. The van der Waals surface area contributed by atoms with Gasteiger partial charge in [-0.15, -0.1) is 0 Å². The summed E-state index contributed by atoms with van der Waals surface area (Å²) < 4.78 is 11.2. The summed E-state index contributed by atoms with van der Waals surface area (Å²) in [4.78, 5) is 37.0. The fourth-order valence-electron chi connectivity index (χ4n) is 2.80. The highest BCUT2D eigenvalue weighted by Gasteiger charge is 2.36. The van der Waals surface area contributed by atoms with E-state index in [9.17, 15) is 19.7 Å². The topological polar surface area (TPSA) is 99.0 Å². The number of imide groups is 1. The van der Waals surface area contributed by atoms with Crippen LogP contribution in [-0.2, 0) is 11.3 Å². The van der Waals surface area contributed by atoms with Crippen LogP contribution in [0.15, 0.2) is 45.8 Å². The first-order chi connectivity index (χ1) is 13.8. The molecule has 0 saturated carbocycles. The van der Waals surface area contributed by atoms with Crippen LogP contribution in [0.4, 0.5) is 10.5 Å². The van der Waals surface area contributed by atoms with E-state index in [1.54, 1.807) is 24.3 Å². The third-order valence-corrected chi connectivity index (χ3v) is 5.64. The fraction of sp³-hybridized carbons (Fsp3) is 0.158. The number of amides is 2. The van der Waals surface area contributed by atoms with Gasteiger partial charge in [0, 0.05) is 11.6 Å². The molecule has 2 aromatic carbocycles. The van der Waals surface area contributed by atoms with Crippen molar-refractivity contribution in [3.63, 3.8) is 0 Å². The number of nitro groups is 1. The Kier molecular flexibility index (Phi) is 6.23. The van der Waals surface area contributed by atoms with Crippen molar-refractivity contribution in [1.29, 1.82) is 0 Å². The highest BCUT2D eigenvalue weighted by molar-refractivity contribution is 9.10. The number of carbonyl (C=O) groups is 2. The van der Waals surface area contributed by atoms with E-state index < -0.39 is 16.1 Å². The number of halogens is 1. The molecular formula is C19H15BrN2O6S. The summed E-state index contributed by atoms with van der Waals surface area (Å²) in [7, 11) is 3.01. The van der Waals surface area contributed by atoms with Gasteiger partial charge in [-0.05, 0) is 51.5 Å². The summed E-state index contributed by atoms with van der Waals surface area (Å²) in [6.45, 7) is -0.172. The molecule has 1 aliphatic heterocycles. The number of para-hydroxylation sites is 1. The number of ether oxygens (including phenoxy) is 2. The maximum Gasteiger partial charge on any atom is 0.293 e. The quantitative estimate of drug-likeness (QED) is 0.339. The molecule has 2 aromatic rings. The van der Waals surface area contributed by atoms with E-state index in [0.717, 1.165) is 16.7 Å². The van der Waals surface area contributed by atoms with Gasteiger partial charge in [0.25, 0.3) is 16.8 Å². The van der Waals surface area contributed by atoms with E-state index in [1.165, 1.54) is 32.4 Å². The number of nitrogens with zero attached hydrogens (tertiary/aromatic N) is 2. The summed E-state index contributed by atoms with van der Waals surface area (Å²) in [5.41, 5.74) is 0.778. The predicted octanol–water partition coefficient (Wildman–Crippen LogP) is 4.61. The second kappa shape index (κ2) is 8.66. The normalized spacial score (nSPS) is 15.1. The Labute approximate surface area is 178 Å². The Bertz CT molecular complexity index is 1040. The molecule has 29 heavy (non-hydrogen) atoms. The lowest BCUT2D eigenvalue weighted by atomic mass is 10.1. The van der Waals surface area contributed by atoms with E-state index in [4.69, 9.17) is 9.47 Å². The lowest BCUT2D eigenvalue weighted by Crippen LogP contribution is -2.27. The largest absolute Gasteiger partial charge is 0.493 e. The zero-order chi connectivity index (χ0) is 21.1. The van der Waals surface area contributed by atoms with Crippen LogP contribution in [-0.4, -0.2) is 35.2 Å². The van der Waals surface area contributed by atoms with Gasteiger partial charge in [-0.25, -0.2) is 0 Å². The molecule has 150 valence electrons.